The summed E-state index contributed by atoms with van der Waals surface area (Å²) in [6.07, 6.45) is 3.05. The fraction of sp³-hybridized carbons (Fsp3) is 0.636. The number of piperidine rings is 1. The zero-order chi connectivity index (χ0) is 20.3. The van der Waals surface area contributed by atoms with E-state index in [1.807, 2.05) is 23.1 Å². The van der Waals surface area contributed by atoms with E-state index in [4.69, 9.17) is 9.47 Å². The molecule has 3 saturated heterocycles. The molecule has 0 aromatic heterocycles. The topological polar surface area (TPSA) is 71.1 Å². The van der Waals surface area contributed by atoms with E-state index in [1.54, 1.807) is 0 Å². The first-order valence-corrected chi connectivity index (χ1v) is 10.6. The SMILES string of the molecule is CC1CCN(C(=O)COc2ccccc2CN2CCC3(CNC(=O)CO3)C2)CC1. The molecule has 2 amide bonds. The molecule has 0 aliphatic carbocycles. The van der Waals surface area contributed by atoms with Gasteiger partial charge in [-0.3, -0.25) is 14.5 Å². The zero-order valence-electron chi connectivity index (χ0n) is 17.2. The number of para-hydroxylation sites is 1. The largest absolute Gasteiger partial charge is 0.483 e. The van der Waals surface area contributed by atoms with Crippen LogP contribution in [0, 0.1) is 5.92 Å². The van der Waals surface area contributed by atoms with Crippen LogP contribution in [0.1, 0.15) is 31.7 Å². The van der Waals surface area contributed by atoms with Crippen LogP contribution in [0.25, 0.3) is 0 Å². The Morgan fingerprint density at radius 2 is 2.07 bits per heavy atom. The lowest BCUT2D eigenvalue weighted by molar-refractivity contribution is -0.142. The summed E-state index contributed by atoms with van der Waals surface area (Å²) in [6, 6.07) is 7.93. The third-order valence-corrected chi connectivity index (χ3v) is 6.37. The van der Waals surface area contributed by atoms with Gasteiger partial charge in [0.25, 0.3) is 5.91 Å². The molecular formula is C22H31N3O4. The highest BCUT2D eigenvalue weighted by atomic mass is 16.5. The van der Waals surface area contributed by atoms with Crippen molar-refractivity contribution in [1.82, 2.24) is 15.1 Å². The van der Waals surface area contributed by atoms with Gasteiger partial charge in [0.05, 0.1) is 5.60 Å². The summed E-state index contributed by atoms with van der Waals surface area (Å²) in [5.74, 6) is 1.50. The maximum absolute atomic E-state index is 12.5. The van der Waals surface area contributed by atoms with Crippen LogP contribution in [-0.4, -0.2) is 73.2 Å². The smallest absolute Gasteiger partial charge is 0.260 e. The summed E-state index contributed by atoms with van der Waals surface area (Å²) in [5, 5.41) is 2.92. The van der Waals surface area contributed by atoms with Crippen molar-refractivity contribution >= 4 is 11.8 Å². The van der Waals surface area contributed by atoms with Gasteiger partial charge in [0.2, 0.25) is 5.91 Å². The van der Waals surface area contributed by atoms with E-state index in [2.05, 4.69) is 23.2 Å². The molecule has 7 nitrogen and oxygen atoms in total. The van der Waals surface area contributed by atoms with Crippen molar-refractivity contribution in [2.24, 2.45) is 5.92 Å². The van der Waals surface area contributed by atoms with E-state index in [0.717, 1.165) is 63.3 Å². The number of amides is 2. The van der Waals surface area contributed by atoms with Crippen molar-refractivity contribution in [3.8, 4) is 5.75 Å². The van der Waals surface area contributed by atoms with E-state index in [0.29, 0.717) is 12.5 Å². The van der Waals surface area contributed by atoms with Crippen LogP contribution in [0.4, 0.5) is 0 Å². The van der Waals surface area contributed by atoms with Gasteiger partial charge in [-0.05, 0) is 31.2 Å². The van der Waals surface area contributed by atoms with Crippen molar-refractivity contribution in [2.45, 2.75) is 38.3 Å². The zero-order valence-corrected chi connectivity index (χ0v) is 17.2. The molecule has 158 valence electrons. The third kappa shape index (κ3) is 4.90. The Morgan fingerprint density at radius 3 is 2.83 bits per heavy atom. The molecule has 3 fully saturated rings. The van der Waals surface area contributed by atoms with E-state index >= 15 is 0 Å². The maximum Gasteiger partial charge on any atom is 0.260 e. The van der Waals surface area contributed by atoms with Gasteiger partial charge in [-0.2, -0.15) is 0 Å². The van der Waals surface area contributed by atoms with E-state index in [-0.39, 0.29) is 30.6 Å². The minimum absolute atomic E-state index is 0.0411. The number of carbonyl (C=O) groups excluding carboxylic acids is 2. The molecule has 3 aliphatic heterocycles. The minimum Gasteiger partial charge on any atom is -0.483 e. The molecule has 29 heavy (non-hydrogen) atoms. The molecule has 1 atom stereocenters. The highest BCUT2D eigenvalue weighted by molar-refractivity contribution is 5.78. The number of morpholine rings is 1. The van der Waals surface area contributed by atoms with Gasteiger partial charge in [0, 0.05) is 44.8 Å². The normalized spacial score (nSPS) is 26.0. The summed E-state index contributed by atoms with van der Waals surface area (Å²) in [4.78, 5) is 28.1. The van der Waals surface area contributed by atoms with Crippen LogP contribution in [0.3, 0.4) is 0 Å². The number of ether oxygens (including phenoxy) is 2. The highest BCUT2D eigenvalue weighted by Gasteiger charge is 2.42. The third-order valence-electron chi connectivity index (χ3n) is 6.37. The van der Waals surface area contributed by atoms with Gasteiger partial charge in [0.1, 0.15) is 12.4 Å². The Hall–Kier alpha value is -2.12. The van der Waals surface area contributed by atoms with Crippen LogP contribution in [0.5, 0.6) is 5.75 Å². The van der Waals surface area contributed by atoms with Gasteiger partial charge in [-0.1, -0.05) is 25.1 Å². The molecule has 3 heterocycles. The molecule has 0 saturated carbocycles. The predicted octanol–water partition coefficient (Wildman–Crippen LogP) is 1.41. The molecule has 7 heteroatoms. The van der Waals surface area contributed by atoms with Crippen molar-refractivity contribution in [1.29, 1.82) is 0 Å². The van der Waals surface area contributed by atoms with Crippen LogP contribution in [-0.2, 0) is 20.9 Å². The maximum atomic E-state index is 12.5. The second-order valence-corrected chi connectivity index (χ2v) is 8.67. The lowest BCUT2D eigenvalue weighted by Crippen LogP contribution is -2.53. The summed E-state index contributed by atoms with van der Waals surface area (Å²) in [7, 11) is 0. The van der Waals surface area contributed by atoms with Gasteiger partial charge in [-0.15, -0.1) is 0 Å². The fourth-order valence-corrected chi connectivity index (χ4v) is 4.41. The number of nitrogens with one attached hydrogen (secondary N) is 1. The standard InChI is InChI=1S/C22H31N3O4/c1-17-6-9-25(10-7-17)21(27)14-28-19-5-3-2-4-18(19)12-24-11-8-22(16-24)15-23-20(26)13-29-22/h2-5,17H,6-16H2,1H3,(H,23,26). The predicted molar refractivity (Wildman–Crippen MR) is 109 cm³/mol. The van der Waals surface area contributed by atoms with Crippen LogP contribution < -0.4 is 10.1 Å². The Labute approximate surface area is 172 Å². The monoisotopic (exact) mass is 401 g/mol. The molecule has 4 rings (SSSR count). The first-order valence-electron chi connectivity index (χ1n) is 10.6. The molecule has 1 spiro atoms. The first kappa shape index (κ1) is 20.2. The summed E-state index contributed by atoms with van der Waals surface area (Å²) in [5.41, 5.74) is 0.801. The number of hydrogen-bond donors (Lipinski definition) is 1. The van der Waals surface area contributed by atoms with Crippen molar-refractivity contribution in [3.05, 3.63) is 29.8 Å². The molecule has 1 unspecified atom stereocenters. The number of benzene rings is 1. The molecule has 1 aromatic carbocycles. The summed E-state index contributed by atoms with van der Waals surface area (Å²) >= 11 is 0. The first-order chi connectivity index (χ1) is 14.0. The second kappa shape index (κ2) is 8.71. The van der Waals surface area contributed by atoms with Crippen molar-refractivity contribution < 1.29 is 19.1 Å². The number of rotatable bonds is 5. The fourth-order valence-electron chi connectivity index (χ4n) is 4.41. The Kier molecular flexibility index (Phi) is 6.06. The Balaban J connectivity index is 1.32. The summed E-state index contributed by atoms with van der Waals surface area (Å²) in [6.45, 7) is 7.14. The average Bonchev–Trinajstić information content (AvgIpc) is 3.12. The summed E-state index contributed by atoms with van der Waals surface area (Å²) < 4.78 is 11.8. The van der Waals surface area contributed by atoms with Gasteiger partial charge >= 0.3 is 0 Å². The molecule has 1 aromatic rings. The van der Waals surface area contributed by atoms with Gasteiger partial charge in [0.15, 0.2) is 6.61 Å². The molecule has 3 aliphatic rings. The Morgan fingerprint density at radius 1 is 1.28 bits per heavy atom. The van der Waals surface area contributed by atoms with Gasteiger partial charge < -0.3 is 19.7 Å². The quantitative estimate of drug-likeness (QED) is 0.808. The van der Waals surface area contributed by atoms with E-state index in [9.17, 15) is 9.59 Å². The Bertz CT molecular complexity index is 735. The van der Waals surface area contributed by atoms with Crippen molar-refractivity contribution in [2.75, 3.05) is 45.9 Å². The molecular weight excluding hydrogens is 370 g/mol. The lowest BCUT2D eigenvalue weighted by atomic mass is 9.99. The van der Waals surface area contributed by atoms with Crippen molar-refractivity contribution in [3.63, 3.8) is 0 Å². The number of likely N-dealkylation sites (tertiary alicyclic amines) is 2. The molecule has 0 bridgehead atoms. The number of hydrogen-bond acceptors (Lipinski definition) is 5. The van der Waals surface area contributed by atoms with Gasteiger partial charge in [-0.25, -0.2) is 0 Å². The minimum atomic E-state index is -0.273. The van der Waals surface area contributed by atoms with Crippen LogP contribution in [0.2, 0.25) is 0 Å². The molecule has 1 N–H and O–H groups in total. The molecule has 0 radical (unpaired) electrons. The second-order valence-electron chi connectivity index (χ2n) is 8.67. The van der Waals surface area contributed by atoms with Crippen LogP contribution >= 0.6 is 0 Å². The van der Waals surface area contributed by atoms with E-state index < -0.39 is 0 Å². The van der Waals surface area contributed by atoms with E-state index in [1.165, 1.54) is 0 Å². The highest BCUT2D eigenvalue weighted by Crippen LogP contribution is 2.29. The number of carbonyl (C=O) groups is 2. The average molecular weight is 402 g/mol. The number of nitrogens with zero attached hydrogens (tertiary/aromatic N) is 2. The lowest BCUT2D eigenvalue weighted by Gasteiger charge is -2.33. The van der Waals surface area contributed by atoms with Crippen LogP contribution in [0.15, 0.2) is 24.3 Å².